The molecule has 25 heavy (non-hydrogen) atoms. The van der Waals surface area contributed by atoms with Crippen LogP contribution in [0.1, 0.15) is 18.4 Å². The van der Waals surface area contributed by atoms with E-state index in [1.165, 1.54) is 12.1 Å². The third kappa shape index (κ3) is 4.46. The van der Waals surface area contributed by atoms with E-state index in [0.717, 1.165) is 31.2 Å². The molecule has 1 aliphatic heterocycles. The molecule has 2 N–H and O–H groups in total. The molecule has 0 radical (unpaired) electrons. The van der Waals surface area contributed by atoms with Gasteiger partial charge in [-0.25, -0.2) is 17.8 Å². The maximum absolute atomic E-state index is 13.1. The van der Waals surface area contributed by atoms with Crippen molar-refractivity contribution in [1.29, 1.82) is 0 Å². The molecule has 1 fully saturated rings. The molecule has 1 aromatic carbocycles. The van der Waals surface area contributed by atoms with Crippen LogP contribution >= 0.6 is 0 Å². The van der Waals surface area contributed by atoms with Gasteiger partial charge in [0.05, 0.1) is 22.9 Å². The predicted octanol–water partition coefficient (Wildman–Crippen LogP) is 2.92. The zero-order chi connectivity index (χ0) is 17.9. The van der Waals surface area contributed by atoms with Crippen molar-refractivity contribution in [2.24, 2.45) is 0 Å². The Morgan fingerprint density at radius 1 is 1.32 bits per heavy atom. The fraction of sp³-hybridized carbons (Fsp3) is 0.353. The molecule has 134 valence electrons. The minimum absolute atomic E-state index is 0.0243. The predicted molar refractivity (Wildman–Crippen MR) is 93.6 cm³/mol. The topological polar surface area (TPSA) is 80.3 Å². The molecule has 0 aliphatic carbocycles. The van der Waals surface area contributed by atoms with Crippen molar-refractivity contribution in [3.05, 3.63) is 47.9 Å². The number of ether oxygens (including phenoxy) is 1. The number of nitrogens with one attached hydrogen (secondary N) is 2. The highest BCUT2D eigenvalue weighted by Crippen LogP contribution is 2.20. The molecule has 0 amide bonds. The van der Waals surface area contributed by atoms with Gasteiger partial charge >= 0.3 is 0 Å². The minimum atomic E-state index is -3.82. The Balaban J connectivity index is 1.65. The standard InChI is InChI=1S/C17H20FN3O3S/c1-12-9-13(18)4-6-16(12)25(22,23)21-17-7-5-14(10-20-17)19-11-15-3-2-8-24-15/h4-7,9-10,15,19H,2-3,8,11H2,1H3,(H,20,21). The summed E-state index contributed by atoms with van der Waals surface area (Å²) >= 11 is 0. The molecule has 1 aromatic heterocycles. The lowest BCUT2D eigenvalue weighted by Crippen LogP contribution is -2.18. The van der Waals surface area contributed by atoms with Gasteiger partial charge in [0, 0.05) is 13.2 Å². The zero-order valence-corrected chi connectivity index (χ0v) is 14.6. The summed E-state index contributed by atoms with van der Waals surface area (Å²) in [5.74, 6) is -0.275. The molecule has 6 nitrogen and oxygen atoms in total. The van der Waals surface area contributed by atoms with Crippen LogP contribution in [0, 0.1) is 12.7 Å². The summed E-state index contributed by atoms with van der Waals surface area (Å²) in [5, 5.41) is 3.22. The van der Waals surface area contributed by atoms with Crippen LogP contribution in [0.2, 0.25) is 0 Å². The van der Waals surface area contributed by atoms with Crippen LogP contribution in [-0.4, -0.2) is 32.7 Å². The van der Waals surface area contributed by atoms with E-state index in [4.69, 9.17) is 4.74 Å². The highest BCUT2D eigenvalue weighted by molar-refractivity contribution is 7.92. The van der Waals surface area contributed by atoms with Gasteiger partial charge in [-0.1, -0.05) is 0 Å². The summed E-state index contributed by atoms with van der Waals surface area (Å²) in [6.45, 7) is 3.04. The number of halogens is 1. The molecule has 1 unspecified atom stereocenters. The lowest BCUT2D eigenvalue weighted by Gasteiger charge is -2.13. The highest BCUT2D eigenvalue weighted by atomic mass is 32.2. The Morgan fingerprint density at radius 3 is 2.80 bits per heavy atom. The van der Waals surface area contributed by atoms with Crippen molar-refractivity contribution in [3.63, 3.8) is 0 Å². The fourth-order valence-electron chi connectivity index (χ4n) is 2.70. The second-order valence-electron chi connectivity index (χ2n) is 5.96. The summed E-state index contributed by atoms with van der Waals surface area (Å²) in [4.78, 5) is 4.14. The van der Waals surface area contributed by atoms with E-state index in [1.54, 1.807) is 25.3 Å². The molecular weight excluding hydrogens is 345 g/mol. The third-order valence-electron chi connectivity index (χ3n) is 3.99. The van der Waals surface area contributed by atoms with Crippen molar-refractivity contribution in [2.75, 3.05) is 23.2 Å². The summed E-state index contributed by atoms with van der Waals surface area (Å²) in [6.07, 6.45) is 3.88. The second kappa shape index (κ2) is 7.37. The first-order valence-electron chi connectivity index (χ1n) is 8.04. The molecule has 1 saturated heterocycles. The Hall–Kier alpha value is -2.19. The van der Waals surface area contributed by atoms with Crippen LogP contribution in [-0.2, 0) is 14.8 Å². The maximum Gasteiger partial charge on any atom is 0.263 e. The zero-order valence-electron chi connectivity index (χ0n) is 13.8. The van der Waals surface area contributed by atoms with Crippen LogP contribution in [0.25, 0.3) is 0 Å². The van der Waals surface area contributed by atoms with Gasteiger partial charge in [-0.05, 0) is 55.7 Å². The van der Waals surface area contributed by atoms with E-state index < -0.39 is 15.8 Å². The lowest BCUT2D eigenvalue weighted by atomic mass is 10.2. The number of hydrogen-bond donors (Lipinski definition) is 2. The van der Waals surface area contributed by atoms with Crippen molar-refractivity contribution in [3.8, 4) is 0 Å². The minimum Gasteiger partial charge on any atom is -0.381 e. The van der Waals surface area contributed by atoms with Crippen LogP contribution in [0.3, 0.4) is 0 Å². The first-order valence-corrected chi connectivity index (χ1v) is 9.53. The molecule has 0 bridgehead atoms. The number of anilines is 2. The van der Waals surface area contributed by atoms with Gasteiger partial charge in [0.15, 0.2) is 0 Å². The molecule has 8 heteroatoms. The Kier molecular flexibility index (Phi) is 5.19. The summed E-state index contributed by atoms with van der Waals surface area (Å²) in [5.41, 5.74) is 1.12. The van der Waals surface area contributed by atoms with E-state index in [9.17, 15) is 12.8 Å². The summed E-state index contributed by atoms with van der Waals surface area (Å²) in [7, 11) is -3.82. The number of rotatable bonds is 6. The monoisotopic (exact) mass is 365 g/mol. The largest absolute Gasteiger partial charge is 0.381 e. The smallest absolute Gasteiger partial charge is 0.263 e. The van der Waals surface area contributed by atoms with Crippen molar-refractivity contribution >= 4 is 21.5 Å². The number of pyridine rings is 1. The number of aryl methyl sites for hydroxylation is 1. The summed E-state index contributed by atoms with van der Waals surface area (Å²) in [6, 6.07) is 6.86. The molecular formula is C17H20FN3O3S. The molecule has 1 aliphatic rings. The average molecular weight is 365 g/mol. The van der Waals surface area contributed by atoms with Gasteiger partial charge in [-0.3, -0.25) is 4.72 Å². The highest BCUT2D eigenvalue weighted by Gasteiger charge is 2.18. The van der Waals surface area contributed by atoms with Crippen molar-refractivity contribution < 1.29 is 17.5 Å². The van der Waals surface area contributed by atoms with Gasteiger partial charge in [0.2, 0.25) is 0 Å². The fourth-order valence-corrected chi connectivity index (χ4v) is 3.94. The molecule has 2 aromatic rings. The molecule has 1 atom stereocenters. The average Bonchev–Trinajstić information content (AvgIpc) is 3.07. The van der Waals surface area contributed by atoms with Gasteiger partial charge in [-0.15, -0.1) is 0 Å². The van der Waals surface area contributed by atoms with E-state index in [1.807, 2.05) is 0 Å². The Bertz CT molecular complexity index is 835. The maximum atomic E-state index is 13.1. The Labute approximate surface area is 146 Å². The van der Waals surface area contributed by atoms with E-state index in [-0.39, 0.29) is 16.8 Å². The van der Waals surface area contributed by atoms with E-state index in [0.29, 0.717) is 12.1 Å². The van der Waals surface area contributed by atoms with Crippen LogP contribution < -0.4 is 10.0 Å². The number of aromatic nitrogens is 1. The number of hydrogen-bond acceptors (Lipinski definition) is 5. The molecule has 3 rings (SSSR count). The Morgan fingerprint density at radius 2 is 2.16 bits per heavy atom. The van der Waals surface area contributed by atoms with Crippen LogP contribution in [0.15, 0.2) is 41.4 Å². The van der Waals surface area contributed by atoms with Gasteiger partial charge in [-0.2, -0.15) is 0 Å². The van der Waals surface area contributed by atoms with Gasteiger partial charge in [0.1, 0.15) is 11.6 Å². The van der Waals surface area contributed by atoms with Gasteiger partial charge < -0.3 is 10.1 Å². The quantitative estimate of drug-likeness (QED) is 0.823. The molecule has 0 saturated carbocycles. The van der Waals surface area contributed by atoms with Crippen molar-refractivity contribution in [2.45, 2.75) is 30.8 Å². The normalized spacial score (nSPS) is 17.4. The number of sulfonamides is 1. The SMILES string of the molecule is Cc1cc(F)ccc1S(=O)(=O)Nc1ccc(NCC2CCCO2)cn1. The first-order chi connectivity index (χ1) is 11.9. The van der Waals surface area contributed by atoms with E-state index in [2.05, 4.69) is 15.0 Å². The van der Waals surface area contributed by atoms with Crippen LogP contribution in [0.4, 0.5) is 15.9 Å². The summed E-state index contributed by atoms with van der Waals surface area (Å²) < 4.78 is 45.9. The number of nitrogens with zero attached hydrogens (tertiary/aromatic N) is 1. The number of benzene rings is 1. The van der Waals surface area contributed by atoms with E-state index >= 15 is 0 Å². The van der Waals surface area contributed by atoms with Crippen molar-refractivity contribution in [1.82, 2.24) is 4.98 Å². The molecule has 0 spiro atoms. The third-order valence-corrected chi connectivity index (χ3v) is 5.50. The van der Waals surface area contributed by atoms with Crippen LogP contribution in [0.5, 0.6) is 0 Å². The lowest BCUT2D eigenvalue weighted by molar-refractivity contribution is 0.120. The van der Waals surface area contributed by atoms with Gasteiger partial charge in [0.25, 0.3) is 10.0 Å². The first kappa shape index (κ1) is 17.6. The molecule has 2 heterocycles. The second-order valence-corrected chi connectivity index (χ2v) is 7.61.